The molecule has 0 aromatic heterocycles. The van der Waals surface area contributed by atoms with Crippen molar-refractivity contribution in [3.8, 4) is 11.5 Å². The molecule has 1 aromatic carbocycles. The lowest BCUT2D eigenvalue weighted by Crippen LogP contribution is -1.87. The summed E-state index contributed by atoms with van der Waals surface area (Å²) in [5.41, 5.74) is 1.43. The Labute approximate surface area is 82.8 Å². The molecule has 1 aliphatic carbocycles. The lowest BCUT2D eigenvalue weighted by Gasteiger charge is -2.10. The van der Waals surface area contributed by atoms with Crippen LogP contribution in [0, 0.1) is 0 Å². The Morgan fingerprint density at radius 1 is 1.00 bits per heavy atom. The van der Waals surface area contributed by atoms with Gasteiger partial charge in [-0.05, 0) is 30.5 Å². The van der Waals surface area contributed by atoms with Crippen LogP contribution in [0.25, 0.3) is 5.57 Å². The number of aromatic hydroxyl groups is 2. The van der Waals surface area contributed by atoms with Crippen LogP contribution in [0.3, 0.4) is 0 Å². The number of hydrogen-bond donors (Lipinski definition) is 2. The van der Waals surface area contributed by atoms with E-state index in [0.717, 1.165) is 18.4 Å². The highest BCUT2D eigenvalue weighted by molar-refractivity contribution is 5.81. The third-order valence-electron chi connectivity index (χ3n) is 2.30. The van der Waals surface area contributed by atoms with Gasteiger partial charge in [0.1, 0.15) is 11.5 Å². The summed E-state index contributed by atoms with van der Waals surface area (Å²) in [5.74, 6) is 0.255. The fraction of sp³-hybridized carbons (Fsp3) is 0.167. The fourth-order valence-corrected chi connectivity index (χ4v) is 1.62. The lowest BCUT2D eigenvalue weighted by atomic mass is 9.98. The van der Waals surface area contributed by atoms with Crippen LogP contribution < -0.4 is 0 Å². The van der Waals surface area contributed by atoms with E-state index in [0.29, 0.717) is 5.56 Å². The van der Waals surface area contributed by atoms with Crippen molar-refractivity contribution in [2.24, 2.45) is 0 Å². The molecule has 0 fully saturated rings. The van der Waals surface area contributed by atoms with Crippen LogP contribution in [0.2, 0.25) is 0 Å². The SMILES string of the molecule is Oc1cccc(O)c1C1=CCCC=C1. The topological polar surface area (TPSA) is 40.5 Å². The summed E-state index contributed by atoms with van der Waals surface area (Å²) in [4.78, 5) is 0. The minimum atomic E-state index is 0.128. The predicted molar refractivity (Wildman–Crippen MR) is 56.1 cm³/mol. The summed E-state index contributed by atoms with van der Waals surface area (Å²) in [6.45, 7) is 0. The first-order valence-corrected chi connectivity index (χ1v) is 4.67. The second-order valence-electron chi connectivity index (χ2n) is 3.31. The van der Waals surface area contributed by atoms with Crippen molar-refractivity contribution in [1.82, 2.24) is 0 Å². The van der Waals surface area contributed by atoms with E-state index >= 15 is 0 Å². The molecule has 72 valence electrons. The van der Waals surface area contributed by atoms with Gasteiger partial charge in [-0.25, -0.2) is 0 Å². The molecule has 0 radical (unpaired) electrons. The van der Waals surface area contributed by atoms with Gasteiger partial charge in [-0.1, -0.05) is 24.3 Å². The van der Waals surface area contributed by atoms with Crippen molar-refractivity contribution >= 4 is 5.57 Å². The summed E-state index contributed by atoms with van der Waals surface area (Å²) in [5, 5.41) is 19.2. The second kappa shape index (κ2) is 3.58. The number of hydrogen-bond acceptors (Lipinski definition) is 2. The molecule has 0 atom stereocenters. The first-order chi connectivity index (χ1) is 6.79. The van der Waals surface area contributed by atoms with Gasteiger partial charge >= 0.3 is 0 Å². The molecule has 0 saturated heterocycles. The number of allylic oxidation sites excluding steroid dienone is 4. The van der Waals surface area contributed by atoms with Crippen molar-refractivity contribution < 1.29 is 10.2 Å². The first-order valence-electron chi connectivity index (χ1n) is 4.67. The van der Waals surface area contributed by atoms with Gasteiger partial charge in [-0.2, -0.15) is 0 Å². The first kappa shape index (κ1) is 8.88. The second-order valence-corrected chi connectivity index (χ2v) is 3.31. The fourth-order valence-electron chi connectivity index (χ4n) is 1.62. The van der Waals surface area contributed by atoms with Crippen LogP contribution >= 0.6 is 0 Å². The molecule has 1 aliphatic rings. The van der Waals surface area contributed by atoms with E-state index in [9.17, 15) is 10.2 Å². The number of rotatable bonds is 1. The molecule has 0 amide bonds. The van der Waals surface area contributed by atoms with E-state index in [2.05, 4.69) is 0 Å². The molecule has 0 heterocycles. The zero-order valence-corrected chi connectivity index (χ0v) is 7.77. The molecule has 0 spiro atoms. The van der Waals surface area contributed by atoms with Gasteiger partial charge in [0.15, 0.2) is 0 Å². The van der Waals surface area contributed by atoms with Crippen molar-refractivity contribution in [2.45, 2.75) is 12.8 Å². The van der Waals surface area contributed by atoms with Gasteiger partial charge in [0, 0.05) is 0 Å². The standard InChI is InChI=1S/C12H12O2/c13-10-7-4-8-11(14)12(10)9-5-2-1-3-6-9/h2,4-8,13-14H,1,3H2. The van der Waals surface area contributed by atoms with Crippen LogP contribution in [0.4, 0.5) is 0 Å². The molecule has 2 N–H and O–H groups in total. The quantitative estimate of drug-likeness (QED) is 0.711. The molecule has 0 saturated carbocycles. The van der Waals surface area contributed by atoms with Gasteiger partial charge in [-0.15, -0.1) is 0 Å². The maximum absolute atomic E-state index is 9.61. The third-order valence-corrected chi connectivity index (χ3v) is 2.30. The summed E-state index contributed by atoms with van der Waals surface area (Å²) in [6, 6.07) is 4.79. The molecular weight excluding hydrogens is 176 g/mol. The van der Waals surface area contributed by atoms with Crippen molar-refractivity contribution in [3.05, 3.63) is 42.0 Å². The van der Waals surface area contributed by atoms with Gasteiger partial charge in [0.2, 0.25) is 0 Å². The molecule has 0 unspecified atom stereocenters. The molecule has 2 rings (SSSR count). The van der Waals surface area contributed by atoms with Crippen LogP contribution in [0.5, 0.6) is 11.5 Å². The smallest absolute Gasteiger partial charge is 0.127 e. The van der Waals surface area contributed by atoms with E-state index in [1.807, 2.05) is 18.2 Å². The van der Waals surface area contributed by atoms with Crippen molar-refractivity contribution in [1.29, 1.82) is 0 Å². The summed E-state index contributed by atoms with van der Waals surface area (Å²) >= 11 is 0. The third kappa shape index (κ3) is 1.51. The largest absolute Gasteiger partial charge is 0.507 e. The molecule has 14 heavy (non-hydrogen) atoms. The van der Waals surface area contributed by atoms with Gasteiger partial charge in [0.05, 0.1) is 5.56 Å². The Balaban J connectivity index is 2.50. The molecule has 2 heteroatoms. The Hall–Kier alpha value is -1.70. The van der Waals surface area contributed by atoms with Crippen LogP contribution in [-0.4, -0.2) is 10.2 Å². The number of benzene rings is 1. The highest BCUT2D eigenvalue weighted by atomic mass is 16.3. The zero-order chi connectivity index (χ0) is 9.97. The zero-order valence-electron chi connectivity index (χ0n) is 7.77. The Kier molecular flexibility index (Phi) is 2.27. The van der Waals surface area contributed by atoms with Gasteiger partial charge in [0.25, 0.3) is 0 Å². The van der Waals surface area contributed by atoms with E-state index < -0.39 is 0 Å². The average Bonchev–Trinajstić information content (AvgIpc) is 2.19. The molecule has 1 aromatic rings. The van der Waals surface area contributed by atoms with Crippen molar-refractivity contribution in [2.75, 3.05) is 0 Å². The van der Waals surface area contributed by atoms with Gasteiger partial charge < -0.3 is 10.2 Å². The molecular formula is C12H12O2. The minimum Gasteiger partial charge on any atom is -0.507 e. The van der Waals surface area contributed by atoms with Crippen molar-refractivity contribution in [3.63, 3.8) is 0 Å². The Morgan fingerprint density at radius 3 is 2.29 bits per heavy atom. The molecule has 0 aliphatic heterocycles. The molecule has 2 nitrogen and oxygen atoms in total. The van der Waals surface area contributed by atoms with E-state index in [1.165, 1.54) is 0 Å². The monoisotopic (exact) mass is 188 g/mol. The highest BCUT2D eigenvalue weighted by Crippen LogP contribution is 2.35. The van der Waals surface area contributed by atoms with E-state index in [1.54, 1.807) is 18.2 Å². The Morgan fingerprint density at radius 2 is 1.71 bits per heavy atom. The average molecular weight is 188 g/mol. The minimum absolute atomic E-state index is 0.128. The number of phenols is 2. The number of phenolic OH excluding ortho intramolecular Hbond substituents is 2. The Bertz CT molecular complexity index is 383. The van der Waals surface area contributed by atoms with Crippen LogP contribution in [0.1, 0.15) is 18.4 Å². The maximum Gasteiger partial charge on any atom is 0.127 e. The normalized spacial score (nSPS) is 15.3. The maximum atomic E-state index is 9.61. The summed E-state index contributed by atoms with van der Waals surface area (Å²) < 4.78 is 0. The summed E-state index contributed by atoms with van der Waals surface area (Å²) in [7, 11) is 0. The summed E-state index contributed by atoms with van der Waals surface area (Å²) in [6.07, 6.45) is 7.98. The molecule has 0 bridgehead atoms. The van der Waals surface area contributed by atoms with E-state index in [-0.39, 0.29) is 11.5 Å². The van der Waals surface area contributed by atoms with Crippen LogP contribution in [0.15, 0.2) is 36.4 Å². The van der Waals surface area contributed by atoms with Gasteiger partial charge in [-0.3, -0.25) is 0 Å². The lowest BCUT2D eigenvalue weighted by molar-refractivity contribution is 0.447. The highest BCUT2D eigenvalue weighted by Gasteiger charge is 2.10. The predicted octanol–water partition coefficient (Wildman–Crippen LogP) is 2.83. The van der Waals surface area contributed by atoms with E-state index in [4.69, 9.17) is 0 Å². The van der Waals surface area contributed by atoms with Crippen LogP contribution in [-0.2, 0) is 0 Å².